The van der Waals surface area contributed by atoms with E-state index in [4.69, 9.17) is 5.11 Å². The molecule has 0 unspecified atom stereocenters. The molecule has 0 radical (unpaired) electrons. The lowest BCUT2D eigenvalue weighted by Gasteiger charge is -2.29. The van der Waals surface area contributed by atoms with Crippen LogP contribution in [0.2, 0.25) is 0 Å². The van der Waals surface area contributed by atoms with Crippen molar-refractivity contribution in [2.75, 3.05) is 6.54 Å². The molecule has 0 aliphatic carbocycles. The molecule has 1 aliphatic rings. The fraction of sp³-hybridized carbons (Fsp3) is 0.235. The van der Waals surface area contributed by atoms with Crippen LogP contribution in [-0.2, 0) is 19.5 Å². The van der Waals surface area contributed by atoms with Gasteiger partial charge in [-0.1, -0.05) is 18.2 Å². The number of carbonyl (C=O) groups is 1. The van der Waals surface area contributed by atoms with Crippen LogP contribution in [0.3, 0.4) is 0 Å². The SMILES string of the molecule is Cl.O=C(O)c1ccc2c(c1)CN(Cc1ccc(F)cc1)CC2. The number of rotatable bonds is 3. The van der Waals surface area contributed by atoms with Crippen molar-refractivity contribution in [2.45, 2.75) is 19.5 Å². The Labute approximate surface area is 134 Å². The zero-order valence-electron chi connectivity index (χ0n) is 12.0. The Morgan fingerprint density at radius 1 is 1.14 bits per heavy atom. The second-order valence-corrected chi connectivity index (χ2v) is 5.38. The maximum absolute atomic E-state index is 12.9. The Kier molecular flexibility index (Phi) is 5.16. The molecule has 0 spiro atoms. The van der Waals surface area contributed by atoms with E-state index in [9.17, 15) is 9.18 Å². The number of benzene rings is 2. The van der Waals surface area contributed by atoms with E-state index in [0.29, 0.717) is 5.56 Å². The average molecular weight is 322 g/mol. The van der Waals surface area contributed by atoms with Gasteiger partial charge in [0, 0.05) is 19.6 Å². The summed E-state index contributed by atoms with van der Waals surface area (Å²) in [6.07, 6.45) is 0.913. The minimum atomic E-state index is -0.895. The van der Waals surface area contributed by atoms with Crippen molar-refractivity contribution in [3.05, 3.63) is 70.5 Å². The monoisotopic (exact) mass is 321 g/mol. The fourth-order valence-corrected chi connectivity index (χ4v) is 2.73. The molecule has 0 atom stereocenters. The lowest BCUT2D eigenvalue weighted by Crippen LogP contribution is -2.30. The number of halogens is 2. The Balaban J connectivity index is 0.00000176. The summed E-state index contributed by atoms with van der Waals surface area (Å²) in [5.74, 6) is -1.12. The Morgan fingerprint density at radius 2 is 1.86 bits per heavy atom. The van der Waals surface area contributed by atoms with Crippen molar-refractivity contribution in [3.63, 3.8) is 0 Å². The number of aromatic carboxylic acids is 1. The number of carboxylic acid groups (broad SMARTS) is 1. The highest BCUT2D eigenvalue weighted by Crippen LogP contribution is 2.22. The van der Waals surface area contributed by atoms with Crippen LogP contribution in [0.15, 0.2) is 42.5 Å². The van der Waals surface area contributed by atoms with Crippen LogP contribution in [0.25, 0.3) is 0 Å². The van der Waals surface area contributed by atoms with Gasteiger partial charge in [-0.15, -0.1) is 12.4 Å². The smallest absolute Gasteiger partial charge is 0.335 e. The van der Waals surface area contributed by atoms with E-state index in [-0.39, 0.29) is 18.2 Å². The molecule has 0 aromatic heterocycles. The number of nitrogens with zero attached hydrogens (tertiary/aromatic N) is 1. The predicted octanol–water partition coefficient (Wildman–Crippen LogP) is 3.50. The van der Waals surface area contributed by atoms with Gasteiger partial charge in [-0.25, -0.2) is 9.18 Å². The van der Waals surface area contributed by atoms with Crippen LogP contribution in [0, 0.1) is 5.82 Å². The zero-order chi connectivity index (χ0) is 14.8. The number of carboxylic acids is 1. The van der Waals surface area contributed by atoms with Gasteiger partial charge >= 0.3 is 5.97 Å². The van der Waals surface area contributed by atoms with E-state index in [1.807, 2.05) is 6.07 Å². The van der Waals surface area contributed by atoms with Crippen LogP contribution >= 0.6 is 12.4 Å². The molecular formula is C17H17ClFNO2. The second kappa shape index (κ2) is 6.90. The molecule has 1 aliphatic heterocycles. The molecule has 0 fully saturated rings. The predicted molar refractivity (Wildman–Crippen MR) is 84.9 cm³/mol. The van der Waals surface area contributed by atoms with E-state index in [2.05, 4.69) is 4.90 Å². The van der Waals surface area contributed by atoms with Gasteiger partial charge in [0.1, 0.15) is 5.82 Å². The van der Waals surface area contributed by atoms with Crippen LogP contribution in [0.1, 0.15) is 27.0 Å². The van der Waals surface area contributed by atoms with Gasteiger partial charge in [0.25, 0.3) is 0 Å². The molecule has 0 saturated heterocycles. The van der Waals surface area contributed by atoms with Gasteiger partial charge in [0.2, 0.25) is 0 Å². The highest BCUT2D eigenvalue weighted by molar-refractivity contribution is 5.87. The van der Waals surface area contributed by atoms with Crippen molar-refractivity contribution in [1.82, 2.24) is 4.90 Å². The van der Waals surface area contributed by atoms with Gasteiger partial charge in [0.05, 0.1) is 5.56 Å². The molecule has 2 aromatic rings. The zero-order valence-corrected chi connectivity index (χ0v) is 12.8. The number of fused-ring (bicyclic) bond motifs is 1. The van der Waals surface area contributed by atoms with E-state index < -0.39 is 5.97 Å². The summed E-state index contributed by atoms with van der Waals surface area (Å²) < 4.78 is 12.9. The molecule has 3 rings (SSSR count). The van der Waals surface area contributed by atoms with Gasteiger partial charge in [-0.05, 0) is 47.4 Å². The summed E-state index contributed by atoms with van der Waals surface area (Å²) >= 11 is 0. The Bertz CT molecular complexity index is 673. The standard InChI is InChI=1S/C17H16FNO2.ClH/c18-16-5-1-12(2-6-16)10-19-8-7-13-3-4-14(17(20)21)9-15(13)11-19;/h1-6,9H,7-8,10-11H2,(H,20,21);1H. The molecule has 1 N–H and O–H groups in total. The third-order valence-electron chi connectivity index (χ3n) is 3.86. The van der Waals surface area contributed by atoms with E-state index in [1.54, 1.807) is 24.3 Å². The lowest BCUT2D eigenvalue weighted by molar-refractivity contribution is 0.0696. The highest BCUT2D eigenvalue weighted by atomic mass is 35.5. The fourth-order valence-electron chi connectivity index (χ4n) is 2.73. The van der Waals surface area contributed by atoms with E-state index in [0.717, 1.165) is 37.2 Å². The highest BCUT2D eigenvalue weighted by Gasteiger charge is 2.17. The van der Waals surface area contributed by atoms with Crippen LogP contribution < -0.4 is 0 Å². The normalized spacial score (nSPS) is 14.0. The van der Waals surface area contributed by atoms with Crippen molar-refractivity contribution in [1.29, 1.82) is 0 Å². The molecule has 0 bridgehead atoms. The van der Waals surface area contributed by atoms with Crippen molar-refractivity contribution in [3.8, 4) is 0 Å². The first kappa shape index (κ1) is 16.5. The third-order valence-corrected chi connectivity index (χ3v) is 3.86. The quantitative estimate of drug-likeness (QED) is 0.940. The van der Waals surface area contributed by atoms with Gasteiger partial charge in [-0.3, -0.25) is 4.90 Å². The van der Waals surface area contributed by atoms with Gasteiger partial charge in [-0.2, -0.15) is 0 Å². The summed E-state index contributed by atoms with van der Waals surface area (Å²) in [4.78, 5) is 13.3. The molecule has 3 nitrogen and oxygen atoms in total. The summed E-state index contributed by atoms with van der Waals surface area (Å²) in [5.41, 5.74) is 3.69. The third kappa shape index (κ3) is 3.64. The Morgan fingerprint density at radius 3 is 2.55 bits per heavy atom. The van der Waals surface area contributed by atoms with E-state index in [1.165, 1.54) is 17.7 Å². The summed E-state index contributed by atoms with van der Waals surface area (Å²) in [5, 5.41) is 9.06. The van der Waals surface area contributed by atoms with E-state index >= 15 is 0 Å². The molecule has 116 valence electrons. The molecule has 1 heterocycles. The molecular weight excluding hydrogens is 305 g/mol. The maximum atomic E-state index is 12.9. The van der Waals surface area contributed by atoms with Gasteiger partial charge < -0.3 is 5.11 Å². The van der Waals surface area contributed by atoms with Crippen LogP contribution in [0.4, 0.5) is 4.39 Å². The van der Waals surface area contributed by atoms with Crippen molar-refractivity contribution >= 4 is 18.4 Å². The van der Waals surface area contributed by atoms with Crippen molar-refractivity contribution < 1.29 is 14.3 Å². The Hall–Kier alpha value is -1.91. The summed E-state index contributed by atoms with van der Waals surface area (Å²) in [7, 11) is 0. The average Bonchev–Trinajstić information content (AvgIpc) is 2.49. The largest absolute Gasteiger partial charge is 0.478 e. The maximum Gasteiger partial charge on any atom is 0.335 e. The molecule has 2 aromatic carbocycles. The topological polar surface area (TPSA) is 40.5 Å². The first-order valence-electron chi connectivity index (χ1n) is 6.94. The van der Waals surface area contributed by atoms with Crippen molar-refractivity contribution in [2.24, 2.45) is 0 Å². The molecule has 0 saturated carbocycles. The summed E-state index contributed by atoms with van der Waals surface area (Å²) in [6, 6.07) is 11.8. The second-order valence-electron chi connectivity index (χ2n) is 5.38. The van der Waals surface area contributed by atoms with Crippen LogP contribution in [0.5, 0.6) is 0 Å². The first-order chi connectivity index (χ1) is 10.1. The number of hydrogen-bond acceptors (Lipinski definition) is 2. The minimum absolute atomic E-state index is 0. The summed E-state index contributed by atoms with van der Waals surface area (Å²) in [6.45, 7) is 2.40. The minimum Gasteiger partial charge on any atom is -0.478 e. The van der Waals surface area contributed by atoms with Crippen LogP contribution in [-0.4, -0.2) is 22.5 Å². The molecule has 22 heavy (non-hydrogen) atoms. The first-order valence-corrected chi connectivity index (χ1v) is 6.94. The lowest BCUT2D eigenvalue weighted by atomic mass is 9.97. The van der Waals surface area contributed by atoms with Gasteiger partial charge in [0.15, 0.2) is 0 Å². The number of hydrogen-bond donors (Lipinski definition) is 1. The molecule has 5 heteroatoms. The molecule has 0 amide bonds.